The molecule has 0 aliphatic heterocycles. The molecule has 112 valence electrons. The molecule has 1 N–H and O–H groups in total. The van der Waals surface area contributed by atoms with Crippen molar-refractivity contribution in [1.82, 2.24) is 4.31 Å². The first kappa shape index (κ1) is 16.6. The third kappa shape index (κ3) is 3.55. The first-order valence-electron chi connectivity index (χ1n) is 6.19. The van der Waals surface area contributed by atoms with Crippen molar-refractivity contribution >= 4 is 16.0 Å². The molecule has 0 aliphatic carbocycles. The first-order valence-corrected chi connectivity index (χ1v) is 7.63. The van der Waals surface area contributed by atoms with Crippen molar-refractivity contribution in [3.63, 3.8) is 0 Å². The smallest absolute Gasteiger partial charge is 0.337 e. The number of carboxylic acid groups (broad SMARTS) is 1. The first-order chi connectivity index (χ1) is 9.20. The van der Waals surface area contributed by atoms with Crippen LogP contribution in [0.5, 0.6) is 0 Å². The van der Waals surface area contributed by atoms with Crippen molar-refractivity contribution < 1.29 is 22.7 Å². The van der Waals surface area contributed by atoms with E-state index in [9.17, 15) is 17.6 Å². The molecule has 0 aromatic heterocycles. The molecule has 1 atom stereocenters. The van der Waals surface area contributed by atoms with Gasteiger partial charge in [-0.2, -0.15) is 0 Å². The lowest BCUT2D eigenvalue weighted by Gasteiger charge is -2.21. The summed E-state index contributed by atoms with van der Waals surface area (Å²) in [6, 6.07) is 2.63. The lowest BCUT2D eigenvalue weighted by Crippen LogP contribution is -2.32. The quantitative estimate of drug-likeness (QED) is 0.874. The van der Waals surface area contributed by atoms with Crippen LogP contribution in [0.2, 0.25) is 0 Å². The van der Waals surface area contributed by atoms with Gasteiger partial charge in [-0.05, 0) is 24.1 Å². The number of rotatable bonds is 6. The summed E-state index contributed by atoms with van der Waals surface area (Å²) in [5.74, 6) is -2.07. The molecule has 20 heavy (non-hydrogen) atoms. The van der Waals surface area contributed by atoms with E-state index < -0.39 is 32.3 Å². The second-order valence-corrected chi connectivity index (χ2v) is 6.76. The van der Waals surface area contributed by atoms with E-state index in [0.717, 1.165) is 28.9 Å². The number of halogens is 1. The molecule has 5 nitrogen and oxygen atoms in total. The fraction of sp³-hybridized carbons (Fsp3) is 0.462. The summed E-state index contributed by atoms with van der Waals surface area (Å²) in [7, 11) is -2.67. The largest absolute Gasteiger partial charge is 0.478 e. The lowest BCUT2D eigenvalue weighted by molar-refractivity contribution is 0.0692. The van der Waals surface area contributed by atoms with Crippen LogP contribution in [-0.4, -0.2) is 37.4 Å². The topological polar surface area (TPSA) is 74.7 Å². The average molecular weight is 303 g/mol. The Morgan fingerprint density at radius 1 is 1.45 bits per heavy atom. The van der Waals surface area contributed by atoms with Gasteiger partial charge in [0.05, 0.1) is 10.5 Å². The number of hydrogen-bond acceptors (Lipinski definition) is 3. The SMILES string of the molecule is CCC(C)CN(C)S(=O)(=O)c1cc(F)ccc1C(=O)O. The van der Waals surface area contributed by atoms with Crippen LogP contribution in [-0.2, 0) is 10.0 Å². The van der Waals surface area contributed by atoms with Crippen LogP contribution in [0.25, 0.3) is 0 Å². The number of carbonyl (C=O) groups is 1. The number of hydrogen-bond donors (Lipinski definition) is 1. The minimum absolute atomic E-state index is 0.122. The molecule has 0 radical (unpaired) electrons. The number of aromatic carboxylic acids is 1. The molecule has 0 aliphatic rings. The Morgan fingerprint density at radius 2 is 2.05 bits per heavy atom. The van der Waals surface area contributed by atoms with Gasteiger partial charge in [-0.25, -0.2) is 21.9 Å². The maximum absolute atomic E-state index is 13.3. The molecule has 0 saturated heterocycles. The number of benzene rings is 1. The molecule has 0 saturated carbocycles. The minimum atomic E-state index is -4.03. The fourth-order valence-electron chi connectivity index (χ4n) is 1.72. The van der Waals surface area contributed by atoms with Gasteiger partial charge in [0.25, 0.3) is 0 Å². The maximum Gasteiger partial charge on any atom is 0.337 e. The van der Waals surface area contributed by atoms with Crippen molar-refractivity contribution in [3.8, 4) is 0 Å². The highest BCUT2D eigenvalue weighted by molar-refractivity contribution is 7.89. The Morgan fingerprint density at radius 3 is 2.55 bits per heavy atom. The van der Waals surface area contributed by atoms with E-state index in [1.165, 1.54) is 7.05 Å². The summed E-state index contributed by atoms with van der Waals surface area (Å²) in [6.07, 6.45) is 0.787. The molecule has 7 heteroatoms. The summed E-state index contributed by atoms with van der Waals surface area (Å²) >= 11 is 0. The normalized spacial score (nSPS) is 13.4. The molecule has 1 rings (SSSR count). The zero-order valence-corrected chi connectivity index (χ0v) is 12.4. The van der Waals surface area contributed by atoms with Crippen LogP contribution >= 0.6 is 0 Å². The highest BCUT2D eigenvalue weighted by Gasteiger charge is 2.27. The molecule has 1 aromatic carbocycles. The lowest BCUT2D eigenvalue weighted by atomic mass is 10.1. The molecule has 0 spiro atoms. The van der Waals surface area contributed by atoms with Crippen LogP contribution < -0.4 is 0 Å². The predicted molar refractivity (Wildman–Crippen MR) is 72.6 cm³/mol. The summed E-state index contributed by atoms with van der Waals surface area (Å²) < 4.78 is 39.0. The van der Waals surface area contributed by atoms with Gasteiger partial charge in [0.15, 0.2) is 0 Å². The average Bonchev–Trinajstić information content (AvgIpc) is 2.37. The summed E-state index contributed by atoms with van der Waals surface area (Å²) in [6.45, 7) is 4.06. The van der Waals surface area contributed by atoms with Crippen LogP contribution in [0.1, 0.15) is 30.6 Å². The summed E-state index contributed by atoms with van der Waals surface area (Å²) in [5.41, 5.74) is -0.428. The standard InChI is InChI=1S/C13H18FNO4S/c1-4-9(2)8-15(3)20(18,19)12-7-10(14)5-6-11(12)13(16)17/h5-7,9H,4,8H2,1-3H3,(H,16,17). The Balaban J connectivity index is 3.27. The third-order valence-electron chi connectivity index (χ3n) is 3.13. The van der Waals surface area contributed by atoms with E-state index >= 15 is 0 Å². The van der Waals surface area contributed by atoms with Crippen LogP contribution in [0.15, 0.2) is 23.1 Å². The summed E-state index contributed by atoms with van der Waals surface area (Å²) in [4.78, 5) is 10.6. The number of carboxylic acids is 1. The molecular weight excluding hydrogens is 285 g/mol. The zero-order valence-electron chi connectivity index (χ0n) is 11.6. The van der Waals surface area contributed by atoms with Crippen molar-refractivity contribution in [2.24, 2.45) is 5.92 Å². The van der Waals surface area contributed by atoms with Gasteiger partial charge >= 0.3 is 5.97 Å². The van der Waals surface area contributed by atoms with Crippen molar-refractivity contribution in [3.05, 3.63) is 29.6 Å². The van der Waals surface area contributed by atoms with Crippen molar-refractivity contribution in [2.75, 3.05) is 13.6 Å². The Bertz CT molecular complexity index is 600. The van der Waals surface area contributed by atoms with E-state index in [-0.39, 0.29) is 12.5 Å². The Labute approximate surface area is 118 Å². The molecular formula is C13H18FNO4S. The Kier molecular flexibility index (Phi) is 5.24. The van der Waals surface area contributed by atoms with E-state index in [2.05, 4.69) is 0 Å². The van der Waals surface area contributed by atoms with Gasteiger partial charge in [0, 0.05) is 13.6 Å². The number of sulfonamides is 1. The molecule has 1 aromatic rings. The van der Waals surface area contributed by atoms with Crippen LogP contribution in [0.3, 0.4) is 0 Å². The zero-order chi connectivity index (χ0) is 15.5. The molecule has 0 amide bonds. The highest BCUT2D eigenvalue weighted by atomic mass is 32.2. The van der Waals surface area contributed by atoms with E-state index in [0.29, 0.717) is 0 Å². The van der Waals surface area contributed by atoms with Crippen LogP contribution in [0.4, 0.5) is 4.39 Å². The second-order valence-electron chi connectivity index (χ2n) is 4.74. The minimum Gasteiger partial charge on any atom is -0.478 e. The third-order valence-corrected chi connectivity index (χ3v) is 4.99. The van der Waals surface area contributed by atoms with Gasteiger partial charge in [0.1, 0.15) is 5.82 Å². The van der Waals surface area contributed by atoms with Gasteiger partial charge in [0.2, 0.25) is 10.0 Å². The monoisotopic (exact) mass is 303 g/mol. The van der Waals surface area contributed by atoms with Crippen molar-refractivity contribution in [1.29, 1.82) is 0 Å². The highest BCUT2D eigenvalue weighted by Crippen LogP contribution is 2.22. The van der Waals surface area contributed by atoms with Crippen LogP contribution in [0, 0.1) is 11.7 Å². The van der Waals surface area contributed by atoms with Gasteiger partial charge < -0.3 is 5.11 Å². The van der Waals surface area contributed by atoms with E-state index in [4.69, 9.17) is 5.11 Å². The van der Waals surface area contributed by atoms with E-state index in [1.54, 1.807) is 0 Å². The summed E-state index contributed by atoms with van der Waals surface area (Å²) in [5, 5.41) is 9.02. The van der Waals surface area contributed by atoms with Gasteiger partial charge in [-0.3, -0.25) is 0 Å². The molecule has 0 fully saturated rings. The number of nitrogens with zero attached hydrogens (tertiary/aromatic N) is 1. The predicted octanol–water partition coefficient (Wildman–Crippen LogP) is 2.19. The molecule has 1 unspecified atom stereocenters. The maximum atomic E-state index is 13.3. The van der Waals surface area contributed by atoms with Gasteiger partial charge in [-0.15, -0.1) is 0 Å². The fourth-order valence-corrected chi connectivity index (χ4v) is 3.20. The van der Waals surface area contributed by atoms with Gasteiger partial charge in [-0.1, -0.05) is 20.3 Å². The molecule has 0 heterocycles. The van der Waals surface area contributed by atoms with Crippen molar-refractivity contribution in [2.45, 2.75) is 25.2 Å². The molecule has 0 bridgehead atoms. The van der Waals surface area contributed by atoms with E-state index in [1.807, 2.05) is 13.8 Å². The second kappa shape index (κ2) is 6.32. The Hall–Kier alpha value is -1.47.